The Morgan fingerprint density at radius 1 is 1.15 bits per heavy atom. The highest BCUT2D eigenvalue weighted by Gasteiger charge is 2.20. The largest absolute Gasteiger partial charge is 0.347 e. The van der Waals surface area contributed by atoms with Crippen LogP contribution in [0.1, 0.15) is 17.7 Å². The lowest BCUT2D eigenvalue weighted by molar-refractivity contribution is -0.132. The van der Waals surface area contributed by atoms with Crippen LogP contribution < -0.4 is 10.2 Å². The number of rotatable bonds is 5. The molecular formula is C19H24N4O2S. The first-order valence-electron chi connectivity index (χ1n) is 8.87. The zero-order chi connectivity index (χ0) is 18.4. The number of aromatic nitrogens is 1. The molecule has 1 aliphatic heterocycles. The van der Waals surface area contributed by atoms with Crippen molar-refractivity contribution < 1.29 is 9.59 Å². The van der Waals surface area contributed by atoms with Gasteiger partial charge in [0.25, 0.3) is 0 Å². The molecule has 2 heterocycles. The number of benzene rings is 1. The zero-order valence-corrected chi connectivity index (χ0v) is 15.8. The van der Waals surface area contributed by atoms with E-state index < -0.39 is 0 Å². The summed E-state index contributed by atoms with van der Waals surface area (Å²) in [7, 11) is 0. The van der Waals surface area contributed by atoms with Crippen molar-refractivity contribution >= 4 is 28.3 Å². The van der Waals surface area contributed by atoms with E-state index in [0.717, 1.165) is 35.9 Å². The molecule has 1 aromatic heterocycles. The van der Waals surface area contributed by atoms with Gasteiger partial charge in [0.2, 0.25) is 11.8 Å². The highest BCUT2D eigenvalue weighted by molar-refractivity contribution is 7.13. The van der Waals surface area contributed by atoms with Crippen molar-refractivity contribution in [3.8, 4) is 0 Å². The maximum Gasteiger partial charge on any atom is 0.242 e. The number of anilines is 1. The van der Waals surface area contributed by atoms with Crippen LogP contribution in [-0.4, -0.2) is 54.4 Å². The quantitative estimate of drug-likeness (QED) is 0.870. The minimum absolute atomic E-state index is 0.0245. The van der Waals surface area contributed by atoms with E-state index in [4.69, 9.17) is 0 Å². The first-order chi connectivity index (χ1) is 12.6. The minimum Gasteiger partial charge on any atom is -0.347 e. The number of carbonyl (C=O) groups excluding carboxylic acids is 2. The molecule has 3 rings (SSSR count). The number of hydrogen-bond acceptors (Lipinski definition) is 5. The van der Waals surface area contributed by atoms with Crippen LogP contribution in [0.4, 0.5) is 5.13 Å². The summed E-state index contributed by atoms with van der Waals surface area (Å²) in [6.07, 6.45) is 1.20. The van der Waals surface area contributed by atoms with E-state index >= 15 is 0 Å². The third-order valence-electron chi connectivity index (χ3n) is 4.37. The fraction of sp³-hybridized carbons (Fsp3) is 0.421. The molecule has 0 saturated carbocycles. The van der Waals surface area contributed by atoms with Gasteiger partial charge in [0.15, 0.2) is 5.13 Å². The monoisotopic (exact) mass is 372 g/mol. The van der Waals surface area contributed by atoms with Crippen molar-refractivity contribution in [2.24, 2.45) is 0 Å². The Hall–Kier alpha value is -2.41. The molecule has 0 atom stereocenters. The highest BCUT2D eigenvalue weighted by Crippen LogP contribution is 2.21. The smallest absolute Gasteiger partial charge is 0.242 e. The summed E-state index contributed by atoms with van der Waals surface area (Å²) < 4.78 is 0. The van der Waals surface area contributed by atoms with Crippen LogP contribution >= 0.6 is 11.3 Å². The van der Waals surface area contributed by atoms with Crippen LogP contribution in [0, 0.1) is 6.92 Å². The average molecular weight is 372 g/mol. The first kappa shape index (κ1) is 18.4. The highest BCUT2D eigenvalue weighted by atomic mass is 32.1. The molecule has 0 spiro atoms. The molecule has 1 N–H and O–H groups in total. The first-order valence-corrected chi connectivity index (χ1v) is 9.75. The van der Waals surface area contributed by atoms with Crippen molar-refractivity contribution in [3.05, 3.63) is 47.0 Å². The third-order valence-corrected chi connectivity index (χ3v) is 5.39. The number of nitrogens with zero attached hydrogens (tertiary/aromatic N) is 3. The second kappa shape index (κ2) is 8.80. The third kappa shape index (κ3) is 5.05. The van der Waals surface area contributed by atoms with Gasteiger partial charge in [-0.15, -0.1) is 11.3 Å². The topological polar surface area (TPSA) is 65.5 Å². The van der Waals surface area contributed by atoms with E-state index in [0.29, 0.717) is 19.5 Å². The number of nitrogens with one attached hydrogen (secondary N) is 1. The van der Waals surface area contributed by atoms with E-state index in [1.54, 1.807) is 11.3 Å². The lowest BCUT2D eigenvalue weighted by Gasteiger charge is -2.22. The molecule has 26 heavy (non-hydrogen) atoms. The van der Waals surface area contributed by atoms with Gasteiger partial charge in [-0.3, -0.25) is 9.59 Å². The minimum atomic E-state index is -0.126. The van der Waals surface area contributed by atoms with Gasteiger partial charge < -0.3 is 15.1 Å². The molecule has 2 aromatic rings. The Balaban J connectivity index is 1.45. The zero-order valence-electron chi connectivity index (χ0n) is 15.0. The SMILES string of the molecule is Cc1csc(N2CCCN(C(=O)CNC(=O)Cc3ccccc3)CC2)n1. The molecule has 6 nitrogen and oxygen atoms in total. The van der Waals surface area contributed by atoms with Gasteiger partial charge in [0.1, 0.15) is 0 Å². The molecule has 0 unspecified atom stereocenters. The molecule has 1 fully saturated rings. The Labute approximate surface area is 157 Å². The lowest BCUT2D eigenvalue weighted by atomic mass is 10.1. The van der Waals surface area contributed by atoms with Gasteiger partial charge in [0.05, 0.1) is 18.7 Å². The molecule has 138 valence electrons. The molecule has 0 aliphatic carbocycles. The molecular weight excluding hydrogens is 348 g/mol. The predicted molar refractivity (Wildman–Crippen MR) is 103 cm³/mol. The number of hydrogen-bond donors (Lipinski definition) is 1. The summed E-state index contributed by atoms with van der Waals surface area (Å²) in [6.45, 7) is 5.10. The summed E-state index contributed by atoms with van der Waals surface area (Å²) in [4.78, 5) is 33.0. The molecule has 0 bridgehead atoms. The summed E-state index contributed by atoms with van der Waals surface area (Å²) in [5, 5.41) is 5.81. The van der Waals surface area contributed by atoms with Gasteiger partial charge >= 0.3 is 0 Å². The normalized spacial score (nSPS) is 14.8. The van der Waals surface area contributed by atoms with Gasteiger partial charge in [-0.1, -0.05) is 30.3 Å². The summed E-state index contributed by atoms with van der Waals surface area (Å²) in [6, 6.07) is 9.54. The average Bonchev–Trinajstić information content (AvgIpc) is 2.92. The molecule has 7 heteroatoms. The number of carbonyl (C=O) groups is 2. The maximum atomic E-state index is 12.4. The van der Waals surface area contributed by atoms with Gasteiger partial charge in [0, 0.05) is 31.6 Å². The Kier molecular flexibility index (Phi) is 6.22. The summed E-state index contributed by atoms with van der Waals surface area (Å²) in [5.41, 5.74) is 1.98. The molecule has 0 radical (unpaired) electrons. The fourth-order valence-corrected chi connectivity index (χ4v) is 3.83. The fourth-order valence-electron chi connectivity index (χ4n) is 2.97. The molecule has 2 amide bonds. The molecule has 1 aromatic carbocycles. The van der Waals surface area contributed by atoms with Gasteiger partial charge in [-0.25, -0.2) is 4.98 Å². The van der Waals surface area contributed by atoms with Gasteiger partial charge in [-0.05, 0) is 18.9 Å². The number of amides is 2. The van der Waals surface area contributed by atoms with Crippen molar-refractivity contribution in [3.63, 3.8) is 0 Å². The van der Waals surface area contributed by atoms with E-state index in [9.17, 15) is 9.59 Å². The summed E-state index contributed by atoms with van der Waals surface area (Å²) in [5.74, 6) is -0.150. The van der Waals surface area contributed by atoms with Crippen LogP contribution in [-0.2, 0) is 16.0 Å². The van der Waals surface area contributed by atoms with Crippen molar-refractivity contribution in [2.75, 3.05) is 37.6 Å². The van der Waals surface area contributed by atoms with Crippen LogP contribution in [0.5, 0.6) is 0 Å². The number of thiazole rings is 1. The standard InChI is InChI=1S/C19H24N4O2S/c1-15-14-26-19(21-15)23-9-5-8-22(10-11-23)18(25)13-20-17(24)12-16-6-3-2-4-7-16/h2-4,6-7,14H,5,8-13H2,1H3,(H,20,24). The Bertz CT molecular complexity index is 747. The van der Waals surface area contributed by atoms with Crippen LogP contribution in [0.2, 0.25) is 0 Å². The Morgan fingerprint density at radius 3 is 2.69 bits per heavy atom. The van der Waals surface area contributed by atoms with E-state index in [2.05, 4.69) is 15.2 Å². The van der Waals surface area contributed by atoms with E-state index in [-0.39, 0.29) is 18.4 Å². The second-order valence-corrected chi connectivity index (χ2v) is 7.27. The predicted octanol–water partition coefficient (Wildman–Crippen LogP) is 1.85. The van der Waals surface area contributed by atoms with Crippen molar-refractivity contribution in [2.45, 2.75) is 19.8 Å². The molecule has 1 saturated heterocycles. The van der Waals surface area contributed by atoms with Crippen molar-refractivity contribution in [1.82, 2.24) is 15.2 Å². The van der Waals surface area contributed by atoms with Crippen LogP contribution in [0.3, 0.4) is 0 Å². The maximum absolute atomic E-state index is 12.4. The molecule has 1 aliphatic rings. The van der Waals surface area contributed by atoms with Crippen molar-refractivity contribution in [1.29, 1.82) is 0 Å². The summed E-state index contributed by atoms with van der Waals surface area (Å²) >= 11 is 1.64. The van der Waals surface area contributed by atoms with Crippen LogP contribution in [0.15, 0.2) is 35.7 Å². The van der Waals surface area contributed by atoms with Gasteiger partial charge in [-0.2, -0.15) is 0 Å². The number of aryl methyl sites for hydroxylation is 1. The van der Waals surface area contributed by atoms with E-state index in [1.807, 2.05) is 47.5 Å². The van der Waals surface area contributed by atoms with Crippen LogP contribution in [0.25, 0.3) is 0 Å². The van der Waals surface area contributed by atoms with E-state index in [1.165, 1.54) is 0 Å². The second-order valence-electron chi connectivity index (χ2n) is 6.43. The Morgan fingerprint density at radius 2 is 1.96 bits per heavy atom. The lowest BCUT2D eigenvalue weighted by Crippen LogP contribution is -2.42.